The summed E-state index contributed by atoms with van der Waals surface area (Å²) in [5, 5.41) is 2.14. The minimum absolute atomic E-state index is 0. The van der Waals surface area contributed by atoms with E-state index in [2.05, 4.69) is 36.5 Å². The number of amides is 1. The number of carbonyl (C=O) groups is 1. The number of piperidine rings is 1. The molecule has 0 radical (unpaired) electrons. The van der Waals surface area contributed by atoms with Crippen LogP contribution in [-0.2, 0) is 10.3 Å². The van der Waals surface area contributed by atoms with E-state index >= 15 is 0 Å². The van der Waals surface area contributed by atoms with E-state index in [9.17, 15) is 4.79 Å². The summed E-state index contributed by atoms with van der Waals surface area (Å²) in [6.07, 6.45) is 2.30. The molecule has 158 valence electrons. The number of rotatable bonds is 5. The predicted molar refractivity (Wildman–Crippen MR) is 125 cm³/mol. The van der Waals surface area contributed by atoms with Gasteiger partial charge in [0.2, 0.25) is 5.91 Å². The second kappa shape index (κ2) is 12.0. The molecule has 1 aliphatic heterocycles. The molecule has 4 nitrogen and oxygen atoms in total. The van der Waals surface area contributed by atoms with E-state index in [0.717, 1.165) is 31.5 Å². The Morgan fingerprint density at radius 1 is 1.11 bits per heavy atom. The average molecular weight is 467 g/mol. The fourth-order valence-electron chi connectivity index (χ4n) is 3.72. The van der Waals surface area contributed by atoms with Crippen LogP contribution in [0, 0.1) is 0 Å². The van der Waals surface area contributed by atoms with Gasteiger partial charge in [0.1, 0.15) is 0 Å². The number of benzene rings is 1. The summed E-state index contributed by atoms with van der Waals surface area (Å²) in [4.78, 5) is 18.4. The fraction of sp³-hybridized carbons (Fsp3) is 0.450. The Kier molecular flexibility index (Phi) is 11.7. The van der Waals surface area contributed by atoms with Gasteiger partial charge in [0.05, 0.1) is 5.54 Å². The lowest BCUT2D eigenvalue weighted by atomic mass is 9.84. The van der Waals surface area contributed by atoms with Crippen molar-refractivity contribution in [3.8, 4) is 0 Å². The summed E-state index contributed by atoms with van der Waals surface area (Å²) in [6, 6.07) is 14.0. The van der Waals surface area contributed by atoms with Crippen molar-refractivity contribution < 1.29 is 4.79 Å². The van der Waals surface area contributed by atoms with E-state index in [1.54, 1.807) is 0 Å². The van der Waals surface area contributed by atoms with Crippen LogP contribution in [0.15, 0.2) is 47.8 Å². The predicted octanol–water partition coefficient (Wildman–Crippen LogP) is 4.48. The Morgan fingerprint density at radius 3 is 2.21 bits per heavy atom. The van der Waals surface area contributed by atoms with Gasteiger partial charge >= 0.3 is 0 Å². The highest BCUT2D eigenvalue weighted by Crippen LogP contribution is 2.39. The van der Waals surface area contributed by atoms with E-state index in [1.807, 2.05) is 46.6 Å². The highest BCUT2D eigenvalue weighted by atomic mass is 35.5. The molecule has 0 spiro atoms. The topological polar surface area (TPSA) is 49.6 Å². The van der Waals surface area contributed by atoms with Crippen LogP contribution in [0.25, 0.3) is 0 Å². The summed E-state index contributed by atoms with van der Waals surface area (Å²) in [7, 11) is 4.28. The standard InChI is InChI=1S/C20H27N3OS.3ClH/c1-22(2)20(18-9-6-14-25-18)10-12-23(13-11-20)19(24)15-17(21)16-7-4-3-5-8-16;;;/h3-9,14,17H,10-13,15,21H2,1-2H3;3*1H. The third kappa shape index (κ3) is 5.85. The Hall–Kier alpha value is -0.820. The number of thiophene rings is 1. The zero-order valence-corrected chi connectivity index (χ0v) is 19.5. The van der Waals surface area contributed by atoms with Crippen molar-refractivity contribution in [3.05, 3.63) is 58.3 Å². The highest BCUT2D eigenvalue weighted by molar-refractivity contribution is 7.10. The van der Waals surface area contributed by atoms with Gasteiger partial charge in [-0.05, 0) is 43.9 Å². The molecule has 2 N–H and O–H groups in total. The Bertz CT molecular complexity index is 690. The molecule has 0 saturated carbocycles. The summed E-state index contributed by atoms with van der Waals surface area (Å²) >= 11 is 1.81. The zero-order valence-electron chi connectivity index (χ0n) is 16.2. The lowest BCUT2D eigenvalue weighted by Crippen LogP contribution is -2.51. The van der Waals surface area contributed by atoms with Gasteiger partial charge in [-0.3, -0.25) is 9.69 Å². The summed E-state index contributed by atoms with van der Waals surface area (Å²) in [5.74, 6) is 0.162. The number of nitrogens with zero attached hydrogens (tertiary/aromatic N) is 2. The van der Waals surface area contributed by atoms with Crippen molar-refractivity contribution in [2.24, 2.45) is 5.73 Å². The van der Waals surface area contributed by atoms with Crippen LogP contribution in [0.5, 0.6) is 0 Å². The van der Waals surface area contributed by atoms with Crippen molar-refractivity contribution in [3.63, 3.8) is 0 Å². The van der Waals surface area contributed by atoms with Gasteiger partial charge in [-0.1, -0.05) is 36.4 Å². The second-order valence-corrected chi connectivity index (χ2v) is 7.95. The van der Waals surface area contributed by atoms with Crippen molar-refractivity contribution in [1.82, 2.24) is 9.80 Å². The summed E-state index contributed by atoms with van der Waals surface area (Å²) in [6.45, 7) is 1.58. The normalized spacial score (nSPS) is 16.4. The van der Waals surface area contributed by atoms with Crippen LogP contribution in [0.2, 0.25) is 0 Å². The molecule has 2 heterocycles. The molecule has 28 heavy (non-hydrogen) atoms. The largest absolute Gasteiger partial charge is 0.342 e. The monoisotopic (exact) mass is 465 g/mol. The van der Waals surface area contributed by atoms with Crippen LogP contribution in [0.1, 0.15) is 35.7 Å². The third-order valence-corrected chi connectivity index (χ3v) is 6.46. The van der Waals surface area contributed by atoms with Crippen LogP contribution < -0.4 is 5.73 Å². The van der Waals surface area contributed by atoms with Crippen molar-refractivity contribution in [1.29, 1.82) is 0 Å². The maximum absolute atomic E-state index is 12.7. The molecular formula is C20H30Cl3N3OS. The molecule has 1 aliphatic rings. The first-order valence-corrected chi connectivity index (χ1v) is 9.70. The number of halogens is 3. The lowest BCUT2D eigenvalue weighted by Gasteiger charge is -2.46. The third-order valence-electron chi connectivity index (χ3n) is 5.40. The fourth-order valence-corrected chi connectivity index (χ4v) is 4.79. The Labute approximate surface area is 190 Å². The molecular weight excluding hydrogens is 437 g/mol. The van der Waals surface area contributed by atoms with E-state index in [-0.39, 0.29) is 54.7 Å². The first-order valence-electron chi connectivity index (χ1n) is 8.82. The van der Waals surface area contributed by atoms with Crippen LogP contribution in [0.3, 0.4) is 0 Å². The van der Waals surface area contributed by atoms with Gasteiger partial charge < -0.3 is 10.6 Å². The molecule has 2 aromatic rings. The molecule has 1 aromatic heterocycles. The van der Waals surface area contributed by atoms with Gasteiger partial charge in [-0.2, -0.15) is 0 Å². The van der Waals surface area contributed by atoms with Crippen LogP contribution in [0.4, 0.5) is 0 Å². The van der Waals surface area contributed by atoms with Crippen LogP contribution >= 0.6 is 48.6 Å². The molecule has 1 saturated heterocycles. The molecule has 1 fully saturated rings. The summed E-state index contributed by atoms with van der Waals surface area (Å²) in [5.41, 5.74) is 7.30. The first-order chi connectivity index (χ1) is 12.0. The van der Waals surface area contributed by atoms with E-state index in [1.165, 1.54) is 4.88 Å². The van der Waals surface area contributed by atoms with Gasteiger partial charge in [0.15, 0.2) is 0 Å². The highest BCUT2D eigenvalue weighted by Gasteiger charge is 2.40. The van der Waals surface area contributed by atoms with Crippen molar-refractivity contribution >= 4 is 54.5 Å². The number of hydrogen-bond donors (Lipinski definition) is 1. The van der Waals surface area contributed by atoms with Crippen molar-refractivity contribution in [2.75, 3.05) is 27.2 Å². The van der Waals surface area contributed by atoms with Gasteiger partial charge in [0, 0.05) is 30.4 Å². The van der Waals surface area contributed by atoms with Gasteiger partial charge in [0.25, 0.3) is 0 Å². The minimum Gasteiger partial charge on any atom is -0.342 e. The maximum Gasteiger partial charge on any atom is 0.224 e. The number of carbonyl (C=O) groups excluding carboxylic acids is 1. The molecule has 1 amide bonds. The molecule has 0 aliphatic carbocycles. The van der Waals surface area contributed by atoms with E-state index in [4.69, 9.17) is 5.73 Å². The zero-order chi connectivity index (χ0) is 17.9. The smallest absolute Gasteiger partial charge is 0.224 e. The molecule has 1 aromatic carbocycles. The molecule has 3 rings (SSSR count). The summed E-state index contributed by atoms with van der Waals surface area (Å²) < 4.78 is 0. The van der Waals surface area contributed by atoms with E-state index in [0.29, 0.717) is 6.42 Å². The minimum atomic E-state index is -0.230. The van der Waals surface area contributed by atoms with Crippen molar-refractivity contribution in [2.45, 2.75) is 30.8 Å². The number of hydrogen-bond acceptors (Lipinski definition) is 4. The quantitative estimate of drug-likeness (QED) is 0.706. The molecule has 1 unspecified atom stereocenters. The SMILES string of the molecule is CN(C)C1(c2cccs2)CCN(C(=O)CC(N)c2ccccc2)CC1.Cl.Cl.Cl. The lowest BCUT2D eigenvalue weighted by molar-refractivity contribution is -0.134. The maximum atomic E-state index is 12.7. The first kappa shape index (κ1) is 27.2. The number of likely N-dealkylation sites (tertiary alicyclic amines) is 1. The van der Waals surface area contributed by atoms with Gasteiger partial charge in [-0.15, -0.1) is 48.6 Å². The molecule has 8 heteroatoms. The van der Waals surface area contributed by atoms with E-state index < -0.39 is 0 Å². The van der Waals surface area contributed by atoms with Crippen LogP contribution in [-0.4, -0.2) is 42.9 Å². The molecule has 1 atom stereocenters. The Morgan fingerprint density at radius 2 is 1.71 bits per heavy atom. The molecule has 0 bridgehead atoms. The second-order valence-electron chi connectivity index (χ2n) is 7.01. The number of nitrogens with two attached hydrogens (primary N) is 1. The Balaban J connectivity index is 0.00000243. The average Bonchev–Trinajstić information content (AvgIpc) is 3.17. The van der Waals surface area contributed by atoms with Gasteiger partial charge in [-0.25, -0.2) is 0 Å².